The van der Waals surface area contributed by atoms with E-state index in [1.807, 2.05) is 0 Å². The predicted molar refractivity (Wildman–Crippen MR) is 85.7 cm³/mol. The van der Waals surface area contributed by atoms with Gasteiger partial charge in [0.25, 0.3) is 0 Å². The molecule has 1 aromatic carbocycles. The molecule has 0 atom stereocenters. The van der Waals surface area contributed by atoms with Crippen molar-refractivity contribution in [2.24, 2.45) is 0 Å². The molecule has 1 aromatic heterocycles. The van der Waals surface area contributed by atoms with Gasteiger partial charge in [0.05, 0.1) is 11.1 Å². The van der Waals surface area contributed by atoms with Crippen LogP contribution in [-0.2, 0) is 6.18 Å². The maximum atomic E-state index is 14.7. The first-order valence-corrected chi connectivity index (χ1v) is 7.70. The quantitative estimate of drug-likeness (QED) is 0.503. The molecule has 0 radical (unpaired) electrons. The molecule has 0 amide bonds. The highest BCUT2D eigenvalue weighted by atomic mass is 35.5. The first-order valence-electron chi connectivity index (χ1n) is 7.32. The van der Waals surface area contributed by atoms with E-state index in [4.69, 9.17) is 11.6 Å². The summed E-state index contributed by atoms with van der Waals surface area (Å²) in [5, 5.41) is -0.0761. The van der Waals surface area contributed by atoms with E-state index >= 15 is 0 Å². The zero-order valence-electron chi connectivity index (χ0n) is 12.4. The molecule has 2 aliphatic heterocycles. The second kappa shape index (κ2) is 5.08. The standard InChI is InChI=1S/C16H9BClF5N2/c18-10-5-6-11(12(9-10)16(19,20)21)15-13-3-1-7-24(13)17(22,23)25-8-2-4-14(15)25/h1-9H. The molecule has 0 unspecified atom stereocenters. The minimum Gasteiger partial charge on any atom is -0.396 e. The maximum Gasteiger partial charge on any atom is 0.737 e. The third kappa shape index (κ3) is 2.27. The summed E-state index contributed by atoms with van der Waals surface area (Å²) in [5.41, 5.74) is -1.00. The van der Waals surface area contributed by atoms with Crippen molar-refractivity contribution < 1.29 is 26.3 Å². The van der Waals surface area contributed by atoms with E-state index in [0.29, 0.717) is 0 Å². The lowest BCUT2D eigenvalue weighted by Gasteiger charge is -2.31. The highest BCUT2D eigenvalue weighted by molar-refractivity contribution is 6.57. The van der Waals surface area contributed by atoms with Gasteiger partial charge in [0.1, 0.15) is 6.21 Å². The maximum absolute atomic E-state index is 14.7. The number of aromatic nitrogens is 1. The molecule has 128 valence electrons. The monoisotopic (exact) mass is 370 g/mol. The van der Waals surface area contributed by atoms with Crippen LogP contribution in [0.4, 0.5) is 21.8 Å². The highest BCUT2D eigenvalue weighted by Crippen LogP contribution is 2.43. The minimum atomic E-state index is -4.67. The second-order valence-corrected chi connectivity index (χ2v) is 6.19. The Morgan fingerprint density at radius 3 is 2.60 bits per heavy atom. The van der Waals surface area contributed by atoms with Crippen molar-refractivity contribution in [3.63, 3.8) is 0 Å². The Kier molecular flexibility index (Phi) is 3.28. The minimum absolute atomic E-state index is 0.0315. The van der Waals surface area contributed by atoms with E-state index in [2.05, 4.69) is 0 Å². The smallest absolute Gasteiger partial charge is 0.396 e. The van der Waals surface area contributed by atoms with Crippen LogP contribution in [0, 0.1) is 0 Å². The lowest BCUT2D eigenvalue weighted by molar-refractivity contribution is -0.356. The molecule has 0 saturated carbocycles. The van der Waals surface area contributed by atoms with Gasteiger partial charge in [0, 0.05) is 28.4 Å². The van der Waals surface area contributed by atoms with Crippen molar-refractivity contribution >= 4 is 30.4 Å². The van der Waals surface area contributed by atoms with Gasteiger partial charge in [-0.25, -0.2) is 0 Å². The zero-order chi connectivity index (χ0) is 18.0. The van der Waals surface area contributed by atoms with Crippen LogP contribution in [0.5, 0.6) is 0 Å². The lowest BCUT2D eigenvalue weighted by Crippen LogP contribution is -2.49. The number of hydrogen-bond donors (Lipinski definition) is 0. The molecule has 2 aliphatic rings. The Balaban J connectivity index is 2.08. The van der Waals surface area contributed by atoms with Crippen molar-refractivity contribution in [1.82, 2.24) is 4.48 Å². The van der Waals surface area contributed by atoms with Crippen LogP contribution in [0.1, 0.15) is 16.8 Å². The molecular weight excluding hydrogens is 361 g/mol. The molecule has 0 bridgehead atoms. The van der Waals surface area contributed by atoms with Crippen molar-refractivity contribution in [3.8, 4) is 0 Å². The third-order valence-electron chi connectivity index (χ3n) is 4.30. The number of rotatable bonds is 1. The van der Waals surface area contributed by atoms with Crippen LogP contribution in [-0.4, -0.2) is 22.1 Å². The molecule has 4 rings (SSSR count). The van der Waals surface area contributed by atoms with Crippen LogP contribution in [0.2, 0.25) is 5.02 Å². The summed E-state index contributed by atoms with van der Waals surface area (Å²) in [4.78, 5) is 0. The van der Waals surface area contributed by atoms with Crippen LogP contribution in [0.25, 0.3) is 5.57 Å². The van der Waals surface area contributed by atoms with E-state index in [-0.39, 0.29) is 27.6 Å². The van der Waals surface area contributed by atoms with Crippen molar-refractivity contribution in [2.45, 2.75) is 6.18 Å². The summed E-state index contributed by atoms with van der Waals surface area (Å²) < 4.78 is 71.3. The van der Waals surface area contributed by atoms with Gasteiger partial charge in [-0.2, -0.15) is 13.2 Å². The summed E-state index contributed by atoms with van der Waals surface area (Å²) in [5.74, 6) is 0. The van der Waals surface area contributed by atoms with Crippen molar-refractivity contribution in [1.29, 1.82) is 0 Å². The molecule has 3 heterocycles. The van der Waals surface area contributed by atoms with E-state index in [0.717, 1.165) is 15.0 Å². The molecule has 25 heavy (non-hydrogen) atoms. The molecule has 0 saturated heterocycles. The fraction of sp³-hybridized carbons (Fsp3) is 0.0625. The molecule has 2 nitrogen and oxygen atoms in total. The Bertz CT molecular complexity index is 985. The second-order valence-electron chi connectivity index (χ2n) is 5.75. The van der Waals surface area contributed by atoms with Crippen LogP contribution in [0.15, 0.2) is 54.4 Å². The van der Waals surface area contributed by atoms with E-state index < -0.39 is 18.7 Å². The fourth-order valence-electron chi connectivity index (χ4n) is 3.26. The average molecular weight is 371 g/mol. The Morgan fingerprint density at radius 2 is 1.88 bits per heavy atom. The Labute approximate surface area is 144 Å². The van der Waals surface area contributed by atoms with Gasteiger partial charge in [-0.3, -0.25) is 0 Å². The van der Waals surface area contributed by atoms with Gasteiger partial charge in [-0.05, 0) is 30.5 Å². The van der Waals surface area contributed by atoms with Gasteiger partial charge < -0.3 is 17.6 Å². The SMILES string of the molecule is F[B-]1(F)n2cccc2C(c2ccc(Cl)cc2C(F)(F)F)=C2C=CC=[N+]21. The summed E-state index contributed by atoms with van der Waals surface area (Å²) in [6.45, 7) is -4.16. The van der Waals surface area contributed by atoms with Crippen LogP contribution >= 0.6 is 11.6 Å². The lowest BCUT2D eigenvalue weighted by atomic mass is 9.85. The predicted octanol–water partition coefficient (Wildman–Crippen LogP) is 4.81. The summed E-state index contributed by atoms with van der Waals surface area (Å²) >= 11 is 5.73. The third-order valence-corrected chi connectivity index (χ3v) is 4.53. The Hall–Kier alpha value is -2.35. The number of halogens is 6. The molecule has 9 heteroatoms. The highest BCUT2D eigenvalue weighted by Gasteiger charge is 2.52. The van der Waals surface area contributed by atoms with Crippen molar-refractivity contribution in [2.75, 3.05) is 0 Å². The van der Waals surface area contributed by atoms with Gasteiger partial charge in [-0.15, -0.1) is 0 Å². The summed E-state index contributed by atoms with van der Waals surface area (Å²) in [7, 11) is 0. The molecule has 2 aromatic rings. The van der Waals surface area contributed by atoms with E-state index in [1.54, 1.807) is 0 Å². The van der Waals surface area contributed by atoms with Gasteiger partial charge in [-0.1, -0.05) is 17.7 Å². The first-order chi connectivity index (χ1) is 11.7. The number of alkyl halides is 3. The number of fused-ring (bicyclic) bond motifs is 2. The van der Waals surface area contributed by atoms with Crippen LogP contribution in [0.3, 0.4) is 0 Å². The molecular formula is C16H9BClF5N2. The zero-order valence-corrected chi connectivity index (χ0v) is 13.2. The molecule has 0 aliphatic carbocycles. The number of hydrogen-bond acceptors (Lipinski definition) is 0. The largest absolute Gasteiger partial charge is 0.737 e. The van der Waals surface area contributed by atoms with Crippen molar-refractivity contribution in [3.05, 3.63) is 76.2 Å². The first kappa shape index (κ1) is 16.1. The summed E-state index contributed by atoms with van der Waals surface area (Å²) in [6, 6.07) is 6.11. The van der Waals surface area contributed by atoms with Gasteiger partial charge >= 0.3 is 13.1 Å². The summed E-state index contributed by atoms with van der Waals surface area (Å²) in [6.07, 6.45) is 0.437. The number of benzene rings is 1. The van der Waals surface area contributed by atoms with E-state index in [9.17, 15) is 21.8 Å². The topological polar surface area (TPSA) is 7.94 Å². The fourth-order valence-corrected chi connectivity index (χ4v) is 3.44. The number of nitrogens with zero attached hydrogens (tertiary/aromatic N) is 2. The average Bonchev–Trinajstić information content (AvgIpc) is 3.17. The van der Waals surface area contributed by atoms with Gasteiger partial charge in [0.15, 0.2) is 5.70 Å². The van der Waals surface area contributed by atoms with Gasteiger partial charge in [0.2, 0.25) is 0 Å². The molecule has 0 N–H and O–H groups in total. The number of allylic oxidation sites excluding steroid dienone is 2. The molecule has 0 fully saturated rings. The van der Waals surface area contributed by atoms with E-state index in [1.165, 1.54) is 48.8 Å². The Morgan fingerprint density at radius 1 is 1.12 bits per heavy atom. The molecule has 0 spiro atoms. The van der Waals surface area contributed by atoms with Crippen LogP contribution < -0.4 is 0 Å². The normalized spacial score (nSPS) is 18.2.